The Morgan fingerprint density at radius 1 is 1.57 bits per heavy atom. The zero-order chi connectivity index (χ0) is 9.84. The van der Waals surface area contributed by atoms with Crippen molar-refractivity contribution in [2.45, 2.75) is 5.88 Å². The average molecular weight is 236 g/mol. The van der Waals surface area contributed by atoms with E-state index in [2.05, 4.69) is 4.74 Å². The Morgan fingerprint density at radius 2 is 2.21 bits per heavy atom. The third kappa shape index (κ3) is 2.53. The molecule has 14 heavy (non-hydrogen) atoms. The molecule has 0 heterocycles. The van der Waals surface area contributed by atoms with E-state index in [0.717, 1.165) is 5.56 Å². The molecule has 0 aromatic heterocycles. The Labute approximate surface area is 93.6 Å². The van der Waals surface area contributed by atoms with E-state index in [1.54, 1.807) is 18.2 Å². The Kier molecular flexibility index (Phi) is 5.35. The second kappa shape index (κ2) is 5.73. The number of anilines is 1. The van der Waals surface area contributed by atoms with E-state index in [0.29, 0.717) is 11.3 Å². The van der Waals surface area contributed by atoms with Gasteiger partial charge in [0.1, 0.15) is 0 Å². The number of methoxy groups -OCH3 is 1. The van der Waals surface area contributed by atoms with Crippen LogP contribution >= 0.6 is 24.0 Å². The van der Waals surface area contributed by atoms with Crippen LogP contribution in [0.3, 0.4) is 0 Å². The minimum atomic E-state index is -0.440. The van der Waals surface area contributed by atoms with Crippen LogP contribution in [-0.2, 0) is 10.6 Å². The van der Waals surface area contributed by atoms with Crippen LogP contribution in [0.25, 0.3) is 0 Å². The lowest BCUT2D eigenvalue weighted by Gasteiger charge is -2.06. The standard InChI is InChI=1S/C9H10ClNO2.ClH/c1-13-9(12)7-4-2-3-6(5-10)8(7)11;/h2-4H,5,11H2,1H3;1H. The molecule has 0 amide bonds. The smallest absolute Gasteiger partial charge is 0.339 e. The first-order chi connectivity index (χ1) is 6.20. The minimum absolute atomic E-state index is 0. The van der Waals surface area contributed by atoms with E-state index in [1.165, 1.54) is 7.11 Å². The number of alkyl halides is 1. The lowest BCUT2D eigenvalue weighted by molar-refractivity contribution is 0.0602. The van der Waals surface area contributed by atoms with E-state index >= 15 is 0 Å². The van der Waals surface area contributed by atoms with Gasteiger partial charge in [-0.15, -0.1) is 24.0 Å². The third-order valence-electron chi connectivity index (χ3n) is 1.75. The topological polar surface area (TPSA) is 52.3 Å². The molecule has 0 aliphatic carbocycles. The normalized spacial score (nSPS) is 9.00. The Morgan fingerprint density at radius 3 is 2.71 bits per heavy atom. The van der Waals surface area contributed by atoms with Crippen molar-refractivity contribution in [3.05, 3.63) is 29.3 Å². The van der Waals surface area contributed by atoms with Gasteiger partial charge in [-0.1, -0.05) is 12.1 Å². The Bertz CT molecular complexity index is 329. The highest BCUT2D eigenvalue weighted by molar-refractivity contribution is 6.17. The van der Waals surface area contributed by atoms with Crippen LogP contribution in [0.2, 0.25) is 0 Å². The maximum absolute atomic E-state index is 11.2. The number of carbonyl (C=O) groups is 1. The third-order valence-corrected chi connectivity index (χ3v) is 2.03. The number of nitrogens with two attached hydrogens (primary N) is 1. The molecule has 2 N–H and O–H groups in total. The molecule has 1 rings (SSSR count). The van der Waals surface area contributed by atoms with Gasteiger partial charge >= 0.3 is 5.97 Å². The summed E-state index contributed by atoms with van der Waals surface area (Å²) in [7, 11) is 1.31. The molecule has 78 valence electrons. The van der Waals surface area contributed by atoms with Crippen molar-refractivity contribution < 1.29 is 9.53 Å². The van der Waals surface area contributed by atoms with E-state index in [1.807, 2.05) is 0 Å². The predicted octanol–water partition coefficient (Wildman–Crippen LogP) is 2.22. The molecule has 0 radical (unpaired) electrons. The largest absolute Gasteiger partial charge is 0.465 e. The predicted molar refractivity (Wildman–Crippen MR) is 59.0 cm³/mol. The summed E-state index contributed by atoms with van der Waals surface area (Å²) in [6, 6.07) is 5.10. The summed E-state index contributed by atoms with van der Waals surface area (Å²) in [6.07, 6.45) is 0. The summed E-state index contributed by atoms with van der Waals surface area (Å²) in [4.78, 5) is 11.2. The first-order valence-corrected chi connectivity index (χ1v) is 4.25. The van der Waals surface area contributed by atoms with E-state index < -0.39 is 5.97 Å². The van der Waals surface area contributed by atoms with Gasteiger partial charge in [0.25, 0.3) is 0 Å². The monoisotopic (exact) mass is 235 g/mol. The molecule has 0 saturated heterocycles. The molecule has 1 aromatic rings. The van der Waals surface area contributed by atoms with E-state index in [9.17, 15) is 4.79 Å². The molecule has 3 nitrogen and oxygen atoms in total. The number of para-hydroxylation sites is 1. The summed E-state index contributed by atoms with van der Waals surface area (Å²) < 4.78 is 4.55. The van der Waals surface area contributed by atoms with Crippen molar-refractivity contribution in [2.24, 2.45) is 0 Å². The minimum Gasteiger partial charge on any atom is -0.465 e. The fourth-order valence-electron chi connectivity index (χ4n) is 1.02. The number of hydrogen-bond donors (Lipinski definition) is 1. The summed E-state index contributed by atoms with van der Waals surface area (Å²) in [5.74, 6) is -0.152. The zero-order valence-electron chi connectivity index (χ0n) is 7.62. The highest BCUT2D eigenvalue weighted by atomic mass is 35.5. The Hall–Kier alpha value is -0.930. The number of halogens is 2. The first kappa shape index (κ1) is 13.1. The molecule has 1 aromatic carbocycles. The first-order valence-electron chi connectivity index (χ1n) is 3.72. The van der Waals surface area contributed by atoms with Crippen molar-refractivity contribution in [2.75, 3.05) is 12.8 Å². The van der Waals surface area contributed by atoms with Crippen molar-refractivity contribution in [3.8, 4) is 0 Å². The van der Waals surface area contributed by atoms with Gasteiger partial charge in [-0.25, -0.2) is 4.79 Å². The number of nitrogen functional groups attached to an aromatic ring is 1. The van der Waals surface area contributed by atoms with E-state index in [4.69, 9.17) is 17.3 Å². The molecule has 0 saturated carbocycles. The molecule has 0 unspecified atom stereocenters. The number of esters is 1. The van der Waals surface area contributed by atoms with Crippen LogP contribution in [0.15, 0.2) is 18.2 Å². The van der Waals surface area contributed by atoms with Gasteiger partial charge < -0.3 is 10.5 Å². The van der Waals surface area contributed by atoms with Crippen molar-refractivity contribution in [1.82, 2.24) is 0 Å². The van der Waals surface area contributed by atoms with Crippen molar-refractivity contribution >= 4 is 35.7 Å². The summed E-state index contributed by atoms with van der Waals surface area (Å²) >= 11 is 5.62. The fourth-order valence-corrected chi connectivity index (χ4v) is 1.25. The van der Waals surface area contributed by atoms with Gasteiger partial charge in [0.2, 0.25) is 0 Å². The fraction of sp³-hybridized carbons (Fsp3) is 0.222. The summed E-state index contributed by atoms with van der Waals surface area (Å²) in [6.45, 7) is 0. The van der Waals surface area contributed by atoms with E-state index in [-0.39, 0.29) is 18.3 Å². The molecule has 0 aliphatic rings. The van der Waals surface area contributed by atoms with Crippen LogP contribution in [0.5, 0.6) is 0 Å². The van der Waals surface area contributed by atoms with Gasteiger partial charge in [0, 0.05) is 5.88 Å². The number of ether oxygens (including phenoxy) is 1. The average Bonchev–Trinajstić information content (AvgIpc) is 2.17. The van der Waals surface area contributed by atoms with Crippen LogP contribution in [0.1, 0.15) is 15.9 Å². The van der Waals surface area contributed by atoms with Gasteiger partial charge in [-0.2, -0.15) is 0 Å². The molecule has 5 heteroatoms. The second-order valence-corrected chi connectivity index (χ2v) is 2.77. The van der Waals surface area contributed by atoms with Gasteiger partial charge in [0.15, 0.2) is 0 Å². The second-order valence-electron chi connectivity index (χ2n) is 2.50. The molecule has 0 fully saturated rings. The van der Waals surface area contributed by atoms with Crippen molar-refractivity contribution in [3.63, 3.8) is 0 Å². The van der Waals surface area contributed by atoms with Crippen LogP contribution in [-0.4, -0.2) is 13.1 Å². The highest BCUT2D eigenvalue weighted by Gasteiger charge is 2.11. The highest BCUT2D eigenvalue weighted by Crippen LogP contribution is 2.19. The van der Waals surface area contributed by atoms with Gasteiger partial charge in [-0.3, -0.25) is 0 Å². The van der Waals surface area contributed by atoms with Crippen molar-refractivity contribution in [1.29, 1.82) is 0 Å². The zero-order valence-corrected chi connectivity index (χ0v) is 9.19. The van der Waals surface area contributed by atoms with Crippen LogP contribution in [0.4, 0.5) is 5.69 Å². The maximum Gasteiger partial charge on any atom is 0.339 e. The van der Waals surface area contributed by atoms with Gasteiger partial charge in [0.05, 0.1) is 18.4 Å². The van der Waals surface area contributed by atoms with Crippen LogP contribution in [0, 0.1) is 0 Å². The molecule has 0 aliphatic heterocycles. The molecule has 0 atom stereocenters. The molecular weight excluding hydrogens is 225 g/mol. The number of carbonyl (C=O) groups excluding carboxylic acids is 1. The SMILES string of the molecule is COC(=O)c1cccc(CCl)c1N.Cl. The molecule has 0 bridgehead atoms. The summed E-state index contributed by atoms with van der Waals surface area (Å²) in [5, 5.41) is 0. The number of benzene rings is 1. The number of hydrogen-bond acceptors (Lipinski definition) is 3. The number of rotatable bonds is 2. The maximum atomic E-state index is 11.2. The quantitative estimate of drug-likeness (QED) is 0.486. The van der Waals surface area contributed by atoms with Crippen LogP contribution < -0.4 is 5.73 Å². The Balaban J connectivity index is 0.00000169. The summed E-state index contributed by atoms with van der Waals surface area (Å²) in [5.41, 5.74) is 7.18. The molecular formula is C9H11Cl2NO2. The molecule has 0 spiro atoms. The van der Waals surface area contributed by atoms with Gasteiger partial charge in [-0.05, 0) is 11.6 Å². The lowest BCUT2D eigenvalue weighted by atomic mass is 10.1. The lowest BCUT2D eigenvalue weighted by Crippen LogP contribution is -2.07.